The van der Waals surface area contributed by atoms with E-state index >= 15 is 0 Å². The van der Waals surface area contributed by atoms with E-state index in [1.807, 2.05) is 0 Å². The Hall–Kier alpha value is -1.20. The summed E-state index contributed by atoms with van der Waals surface area (Å²) in [5, 5.41) is 3.02. The van der Waals surface area contributed by atoms with Gasteiger partial charge in [0, 0.05) is 12.1 Å². The van der Waals surface area contributed by atoms with Gasteiger partial charge in [-0.05, 0) is 64.3 Å². The lowest BCUT2D eigenvalue weighted by atomic mass is 9.90. The number of hydrogen-bond donors (Lipinski definition) is 1. The predicted molar refractivity (Wildman–Crippen MR) is 84.0 cm³/mol. The number of nitrogens with one attached hydrogen (secondary N) is 1. The summed E-state index contributed by atoms with van der Waals surface area (Å²) in [6.45, 7) is 4.70. The number of carbonyl (C=O) groups excluding carboxylic acids is 2. The van der Waals surface area contributed by atoms with Crippen LogP contribution in [0.15, 0.2) is 12.1 Å². The Bertz CT molecular complexity index is 542. The van der Waals surface area contributed by atoms with E-state index in [9.17, 15) is 9.59 Å². The van der Waals surface area contributed by atoms with Gasteiger partial charge < -0.3 is 5.32 Å². The van der Waals surface area contributed by atoms with E-state index in [1.54, 1.807) is 12.1 Å². The molecular weight excluding hydrogens is 284 g/mol. The summed E-state index contributed by atoms with van der Waals surface area (Å²) in [5.41, 5.74) is 0.354. The first kappa shape index (κ1) is 14.7. The summed E-state index contributed by atoms with van der Waals surface area (Å²) in [6.07, 6.45) is 6.18. The molecule has 2 fully saturated rings. The lowest BCUT2D eigenvalue weighted by Crippen LogP contribution is -2.41. The van der Waals surface area contributed by atoms with Crippen molar-refractivity contribution in [3.05, 3.63) is 21.9 Å². The smallest absolute Gasteiger partial charge is 0.261 e. The first-order valence-electron chi connectivity index (χ1n) is 7.75. The Morgan fingerprint density at radius 3 is 2.52 bits per heavy atom. The van der Waals surface area contributed by atoms with E-state index in [0.29, 0.717) is 15.3 Å². The van der Waals surface area contributed by atoms with Crippen molar-refractivity contribution in [3.63, 3.8) is 0 Å². The van der Waals surface area contributed by atoms with Crippen LogP contribution in [-0.4, -0.2) is 41.8 Å². The third-order valence-corrected chi connectivity index (χ3v) is 6.05. The van der Waals surface area contributed by atoms with E-state index in [1.165, 1.54) is 57.0 Å². The molecule has 0 unspecified atom stereocenters. The Labute approximate surface area is 129 Å². The summed E-state index contributed by atoms with van der Waals surface area (Å²) in [6, 6.07) is 3.47. The number of thiophene rings is 1. The summed E-state index contributed by atoms with van der Waals surface area (Å²) >= 11 is 1.28. The number of nitrogens with zero attached hydrogens (tertiary/aromatic N) is 1. The van der Waals surface area contributed by atoms with Gasteiger partial charge >= 0.3 is 0 Å². The average molecular weight is 306 g/mol. The molecule has 4 nitrogen and oxygen atoms in total. The molecule has 1 amide bonds. The number of carbonyl (C=O) groups is 2. The van der Waals surface area contributed by atoms with Crippen molar-refractivity contribution in [1.29, 1.82) is 0 Å². The van der Waals surface area contributed by atoms with Crippen LogP contribution in [0.25, 0.3) is 0 Å². The molecule has 2 aliphatic rings. The lowest BCUT2D eigenvalue weighted by Gasteiger charge is -2.32. The third kappa shape index (κ3) is 2.90. The lowest BCUT2D eigenvalue weighted by molar-refractivity contribution is 0.0946. The van der Waals surface area contributed by atoms with Crippen molar-refractivity contribution in [2.75, 3.05) is 19.6 Å². The fraction of sp³-hybridized carbons (Fsp3) is 0.625. The quantitative estimate of drug-likeness (QED) is 0.851. The third-order valence-electron chi connectivity index (χ3n) is 4.86. The van der Waals surface area contributed by atoms with Gasteiger partial charge in [0.15, 0.2) is 5.78 Å². The van der Waals surface area contributed by atoms with E-state index in [2.05, 4.69) is 10.2 Å². The maximum Gasteiger partial charge on any atom is 0.261 e. The molecule has 0 spiro atoms. The number of fused-ring (bicyclic) bond motifs is 1. The maximum atomic E-state index is 12.1. The van der Waals surface area contributed by atoms with Gasteiger partial charge in [-0.2, -0.15) is 0 Å². The van der Waals surface area contributed by atoms with E-state index in [0.717, 1.165) is 13.0 Å². The molecule has 1 N–H and O–H groups in total. The van der Waals surface area contributed by atoms with E-state index in [4.69, 9.17) is 0 Å². The van der Waals surface area contributed by atoms with Crippen molar-refractivity contribution in [1.82, 2.24) is 10.2 Å². The largest absolute Gasteiger partial charge is 0.351 e. The van der Waals surface area contributed by atoms with Crippen molar-refractivity contribution in [3.8, 4) is 0 Å². The van der Waals surface area contributed by atoms with Crippen LogP contribution in [0.3, 0.4) is 0 Å². The molecule has 2 aliphatic heterocycles. The average Bonchev–Trinajstić information content (AvgIpc) is 3.12. The van der Waals surface area contributed by atoms with Gasteiger partial charge in [-0.15, -0.1) is 11.3 Å². The van der Waals surface area contributed by atoms with Crippen molar-refractivity contribution >= 4 is 23.0 Å². The highest BCUT2D eigenvalue weighted by molar-refractivity contribution is 7.15. The molecule has 114 valence electrons. The normalized spacial score (nSPS) is 20.4. The molecule has 0 aromatic carbocycles. The molecule has 3 heterocycles. The molecule has 1 aromatic heterocycles. The van der Waals surface area contributed by atoms with Gasteiger partial charge in [0.2, 0.25) is 0 Å². The highest BCUT2D eigenvalue weighted by atomic mass is 32.1. The van der Waals surface area contributed by atoms with Gasteiger partial charge in [0.05, 0.1) is 9.75 Å². The summed E-state index contributed by atoms with van der Waals surface area (Å²) in [5.74, 6) is -0.0306. The molecule has 0 atom stereocenters. The topological polar surface area (TPSA) is 49.4 Å². The maximum absolute atomic E-state index is 12.1. The summed E-state index contributed by atoms with van der Waals surface area (Å²) < 4.78 is 0. The van der Waals surface area contributed by atoms with Crippen LogP contribution in [0.1, 0.15) is 58.4 Å². The molecule has 5 heteroatoms. The van der Waals surface area contributed by atoms with E-state index in [-0.39, 0.29) is 11.7 Å². The fourth-order valence-electron chi connectivity index (χ4n) is 3.78. The zero-order valence-corrected chi connectivity index (χ0v) is 13.3. The van der Waals surface area contributed by atoms with Crippen LogP contribution in [0.2, 0.25) is 0 Å². The number of Topliss-reactive ketones (excluding diaryl/α,β-unsaturated/α-hetero) is 1. The Morgan fingerprint density at radius 2 is 1.90 bits per heavy atom. The van der Waals surface area contributed by atoms with Crippen LogP contribution in [-0.2, 0) is 0 Å². The van der Waals surface area contributed by atoms with Gasteiger partial charge in [-0.1, -0.05) is 0 Å². The van der Waals surface area contributed by atoms with Crippen molar-refractivity contribution in [2.24, 2.45) is 0 Å². The monoisotopic (exact) mass is 306 g/mol. The second kappa shape index (κ2) is 5.89. The zero-order chi connectivity index (χ0) is 14.9. The Morgan fingerprint density at radius 1 is 1.24 bits per heavy atom. The number of rotatable bonds is 5. The van der Waals surface area contributed by atoms with Gasteiger partial charge in [0.1, 0.15) is 0 Å². The van der Waals surface area contributed by atoms with E-state index < -0.39 is 0 Å². The number of amides is 1. The van der Waals surface area contributed by atoms with Crippen LogP contribution in [0.5, 0.6) is 0 Å². The molecule has 0 aliphatic carbocycles. The van der Waals surface area contributed by atoms with Gasteiger partial charge in [-0.3, -0.25) is 14.5 Å². The van der Waals surface area contributed by atoms with Crippen LogP contribution in [0.4, 0.5) is 0 Å². The molecular formula is C16H22N2O2S. The molecule has 2 saturated heterocycles. The molecule has 0 radical (unpaired) electrons. The highest BCUT2D eigenvalue weighted by Crippen LogP contribution is 2.40. The van der Waals surface area contributed by atoms with Crippen LogP contribution < -0.4 is 5.32 Å². The minimum atomic E-state index is -0.0496. The molecule has 0 bridgehead atoms. The van der Waals surface area contributed by atoms with Crippen molar-refractivity contribution < 1.29 is 9.59 Å². The summed E-state index contributed by atoms with van der Waals surface area (Å²) in [7, 11) is 0. The van der Waals surface area contributed by atoms with Crippen molar-refractivity contribution in [2.45, 2.75) is 44.6 Å². The molecule has 21 heavy (non-hydrogen) atoms. The highest BCUT2D eigenvalue weighted by Gasteiger charge is 2.43. The number of ketones is 1. The standard InChI is InChI=1S/C16H22N2O2S/c1-12(19)13-4-5-14(21-13)15(20)17-9-8-16-6-2-10-18(16)11-3-7-16/h4-5H,2-3,6-11H2,1H3,(H,17,20). The number of hydrogen-bond acceptors (Lipinski definition) is 4. The zero-order valence-electron chi connectivity index (χ0n) is 12.5. The minimum absolute atomic E-state index is 0.0190. The summed E-state index contributed by atoms with van der Waals surface area (Å²) in [4.78, 5) is 27.3. The second-order valence-electron chi connectivity index (χ2n) is 6.14. The van der Waals surface area contributed by atoms with Crippen LogP contribution in [0, 0.1) is 0 Å². The molecule has 3 rings (SSSR count). The Balaban J connectivity index is 1.53. The SMILES string of the molecule is CC(=O)c1ccc(C(=O)NCCC23CCCN2CCC3)s1. The minimum Gasteiger partial charge on any atom is -0.351 e. The van der Waals surface area contributed by atoms with Crippen LogP contribution >= 0.6 is 11.3 Å². The first-order chi connectivity index (χ1) is 10.1. The molecule has 0 saturated carbocycles. The van der Waals surface area contributed by atoms with Gasteiger partial charge in [0.25, 0.3) is 5.91 Å². The predicted octanol–water partition coefficient (Wildman–Crippen LogP) is 2.70. The molecule has 1 aromatic rings. The Kier molecular flexibility index (Phi) is 4.13. The second-order valence-corrected chi connectivity index (χ2v) is 7.23. The van der Waals surface area contributed by atoms with Gasteiger partial charge in [-0.25, -0.2) is 0 Å². The first-order valence-corrected chi connectivity index (χ1v) is 8.56. The fourth-order valence-corrected chi connectivity index (χ4v) is 4.60.